The van der Waals surface area contributed by atoms with Crippen molar-refractivity contribution in [3.8, 4) is 0 Å². The highest BCUT2D eigenvalue weighted by molar-refractivity contribution is 6.52. The lowest BCUT2D eigenvalue weighted by molar-refractivity contribution is -0.112. The number of carbonyl (C=O) groups is 3. The molecule has 3 aromatic rings. The molecule has 0 saturated carbocycles. The van der Waals surface area contributed by atoms with E-state index in [-0.39, 0.29) is 11.3 Å². The van der Waals surface area contributed by atoms with E-state index in [1.165, 1.54) is 12.1 Å². The van der Waals surface area contributed by atoms with Crippen molar-refractivity contribution in [2.24, 2.45) is 0 Å². The highest BCUT2D eigenvalue weighted by atomic mass is 16.4. The second kappa shape index (κ2) is 6.45. The van der Waals surface area contributed by atoms with Crippen molar-refractivity contribution in [1.29, 1.82) is 0 Å². The Bertz CT molecular complexity index is 1170. The van der Waals surface area contributed by atoms with Gasteiger partial charge in [-0.15, -0.1) is 0 Å². The molecule has 1 amide bonds. The van der Waals surface area contributed by atoms with Gasteiger partial charge in [-0.1, -0.05) is 32.0 Å². The third-order valence-corrected chi connectivity index (χ3v) is 4.73. The molecular formula is C21H17N3O4. The summed E-state index contributed by atoms with van der Waals surface area (Å²) in [6, 6.07) is 12.2. The Kier molecular flexibility index (Phi) is 4.07. The van der Waals surface area contributed by atoms with E-state index in [1.54, 1.807) is 6.07 Å². The molecule has 2 heterocycles. The number of hydrogen-bond donors (Lipinski definition) is 3. The molecule has 1 aliphatic heterocycles. The average Bonchev–Trinajstić information content (AvgIpc) is 2.96. The number of carboxylic acid groups (broad SMARTS) is 1. The molecule has 0 radical (unpaired) electrons. The van der Waals surface area contributed by atoms with Crippen LogP contribution in [-0.2, 0) is 4.79 Å². The predicted molar refractivity (Wildman–Crippen MR) is 105 cm³/mol. The molecule has 140 valence electrons. The van der Waals surface area contributed by atoms with E-state index in [0.717, 1.165) is 11.3 Å². The standard InChI is InChI=1S/C21H17N3O4/c1-10(2)11-4-3-5-13(8-11)22-19-15-9-12(21(27)28)6-7-14(15)16-17(23-19)18(25)20(26)24-16/h3-10H,1-2H3,(H,22,23)(H,27,28)(H,24,25,26). The summed E-state index contributed by atoms with van der Waals surface area (Å²) in [5, 5.41) is 16.1. The Balaban J connectivity index is 1.91. The number of anilines is 3. The van der Waals surface area contributed by atoms with Crippen LogP contribution >= 0.6 is 0 Å². The van der Waals surface area contributed by atoms with E-state index in [2.05, 4.69) is 29.5 Å². The smallest absolute Gasteiger partial charge is 0.335 e. The van der Waals surface area contributed by atoms with Crippen LogP contribution in [0.3, 0.4) is 0 Å². The van der Waals surface area contributed by atoms with Gasteiger partial charge in [0.1, 0.15) is 11.5 Å². The van der Waals surface area contributed by atoms with E-state index in [4.69, 9.17) is 0 Å². The topological polar surface area (TPSA) is 108 Å². The van der Waals surface area contributed by atoms with Gasteiger partial charge in [0.25, 0.3) is 11.7 Å². The second-order valence-electron chi connectivity index (χ2n) is 6.94. The van der Waals surface area contributed by atoms with Gasteiger partial charge >= 0.3 is 5.97 Å². The lowest BCUT2D eigenvalue weighted by Gasteiger charge is -2.14. The van der Waals surface area contributed by atoms with E-state index in [0.29, 0.717) is 28.2 Å². The van der Waals surface area contributed by atoms with Crippen molar-refractivity contribution in [2.45, 2.75) is 19.8 Å². The summed E-state index contributed by atoms with van der Waals surface area (Å²) >= 11 is 0. The quantitative estimate of drug-likeness (QED) is 0.596. The Labute approximate surface area is 160 Å². The van der Waals surface area contributed by atoms with Crippen molar-refractivity contribution in [2.75, 3.05) is 10.6 Å². The van der Waals surface area contributed by atoms with Crippen LogP contribution in [0.15, 0.2) is 42.5 Å². The number of nitrogens with one attached hydrogen (secondary N) is 2. The van der Waals surface area contributed by atoms with Crippen LogP contribution in [0.25, 0.3) is 10.8 Å². The number of nitrogens with zero attached hydrogens (tertiary/aromatic N) is 1. The van der Waals surface area contributed by atoms with Gasteiger partial charge in [0.15, 0.2) is 0 Å². The first-order valence-corrected chi connectivity index (χ1v) is 8.79. The first-order chi connectivity index (χ1) is 13.3. The van der Waals surface area contributed by atoms with Crippen LogP contribution < -0.4 is 10.6 Å². The zero-order valence-electron chi connectivity index (χ0n) is 15.2. The summed E-state index contributed by atoms with van der Waals surface area (Å²) in [7, 11) is 0. The summed E-state index contributed by atoms with van der Waals surface area (Å²) < 4.78 is 0. The maximum Gasteiger partial charge on any atom is 0.335 e. The molecule has 2 aromatic carbocycles. The lowest BCUT2D eigenvalue weighted by atomic mass is 10.0. The number of hydrogen-bond acceptors (Lipinski definition) is 5. The van der Waals surface area contributed by atoms with Crippen LogP contribution in [0, 0.1) is 0 Å². The van der Waals surface area contributed by atoms with Crippen LogP contribution in [0.1, 0.15) is 46.2 Å². The molecule has 4 rings (SSSR count). The number of aromatic nitrogens is 1. The maximum atomic E-state index is 12.2. The number of carbonyl (C=O) groups excluding carboxylic acids is 2. The van der Waals surface area contributed by atoms with Gasteiger partial charge in [-0.2, -0.15) is 0 Å². The molecule has 0 aliphatic carbocycles. The maximum absolute atomic E-state index is 12.2. The molecule has 0 atom stereocenters. The van der Waals surface area contributed by atoms with Crippen molar-refractivity contribution in [3.63, 3.8) is 0 Å². The van der Waals surface area contributed by atoms with E-state index >= 15 is 0 Å². The first kappa shape index (κ1) is 17.7. The number of amides is 1. The zero-order valence-corrected chi connectivity index (χ0v) is 15.2. The minimum Gasteiger partial charge on any atom is -0.478 e. The van der Waals surface area contributed by atoms with Crippen LogP contribution in [0.2, 0.25) is 0 Å². The fourth-order valence-electron chi connectivity index (χ4n) is 3.22. The Morgan fingerprint density at radius 3 is 2.61 bits per heavy atom. The summed E-state index contributed by atoms with van der Waals surface area (Å²) in [5.41, 5.74) is 2.30. The van der Waals surface area contributed by atoms with Crippen molar-refractivity contribution in [3.05, 3.63) is 59.3 Å². The van der Waals surface area contributed by atoms with Gasteiger partial charge < -0.3 is 15.7 Å². The number of aromatic carboxylic acids is 1. The molecule has 1 aromatic heterocycles. The van der Waals surface area contributed by atoms with Crippen LogP contribution in [0.4, 0.5) is 17.2 Å². The Morgan fingerprint density at radius 2 is 1.89 bits per heavy atom. The molecule has 0 unspecified atom stereocenters. The molecule has 1 aliphatic rings. The molecule has 7 heteroatoms. The molecule has 7 nitrogen and oxygen atoms in total. The van der Waals surface area contributed by atoms with Gasteiger partial charge in [-0.05, 0) is 35.7 Å². The van der Waals surface area contributed by atoms with Crippen molar-refractivity contribution < 1.29 is 19.5 Å². The number of Topliss-reactive ketones (excluding diaryl/α,β-unsaturated/α-hetero) is 1. The Hall–Kier alpha value is -3.74. The number of pyridine rings is 1. The monoisotopic (exact) mass is 375 g/mol. The van der Waals surface area contributed by atoms with Gasteiger partial charge in [0.2, 0.25) is 0 Å². The number of fused-ring (bicyclic) bond motifs is 3. The van der Waals surface area contributed by atoms with E-state index in [9.17, 15) is 19.5 Å². The third kappa shape index (κ3) is 2.87. The third-order valence-electron chi connectivity index (χ3n) is 4.73. The SMILES string of the molecule is CC(C)c1cccc(Nc2nc3c(c4ccc(C(=O)O)cc24)NC(=O)C3=O)c1. The first-order valence-electron chi connectivity index (χ1n) is 8.79. The molecular weight excluding hydrogens is 358 g/mol. The second-order valence-corrected chi connectivity index (χ2v) is 6.94. The predicted octanol–water partition coefficient (Wildman–Crippen LogP) is 3.93. The highest BCUT2D eigenvalue weighted by Gasteiger charge is 2.32. The molecule has 3 N–H and O–H groups in total. The lowest BCUT2D eigenvalue weighted by Crippen LogP contribution is -2.13. The fraction of sp³-hybridized carbons (Fsp3) is 0.143. The average molecular weight is 375 g/mol. The van der Waals surface area contributed by atoms with Gasteiger partial charge in [0.05, 0.1) is 11.3 Å². The summed E-state index contributed by atoms with van der Waals surface area (Å²) in [4.78, 5) is 39.7. The van der Waals surface area contributed by atoms with Gasteiger partial charge in [-0.25, -0.2) is 9.78 Å². The minimum absolute atomic E-state index is 0.0306. The normalized spacial score (nSPS) is 13.0. The van der Waals surface area contributed by atoms with Crippen LogP contribution in [0.5, 0.6) is 0 Å². The number of benzene rings is 2. The van der Waals surface area contributed by atoms with Crippen molar-refractivity contribution in [1.82, 2.24) is 4.98 Å². The molecule has 28 heavy (non-hydrogen) atoms. The Morgan fingerprint density at radius 1 is 1.11 bits per heavy atom. The van der Waals surface area contributed by atoms with Crippen LogP contribution in [-0.4, -0.2) is 27.8 Å². The minimum atomic E-state index is -1.07. The fourth-order valence-corrected chi connectivity index (χ4v) is 3.22. The summed E-state index contributed by atoms with van der Waals surface area (Å²) in [6.45, 7) is 4.16. The molecule has 0 bridgehead atoms. The number of rotatable bonds is 4. The van der Waals surface area contributed by atoms with Crippen molar-refractivity contribution >= 4 is 45.6 Å². The van der Waals surface area contributed by atoms with Gasteiger partial charge in [-0.3, -0.25) is 9.59 Å². The zero-order chi connectivity index (χ0) is 20.0. The molecule has 0 spiro atoms. The number of carboxylic acids is 1. The molecule has 0 saturated heterocycles. The van der Waals surface area contributed by atoms with E-state index < -0.39 is 17.7 Å². The van der Waals surface area contributed by atoms with Gasteiger partial charge in [0, 0.05) is 16.5 Å². The van der Waals surface area contributed by atoms with E-state index in [1.807, 2.05) is 24.3 Å². The number of ketones is 1. The molecule has 0 fully saturated rings. The highest BCUT2D eigenvalue weighted by Crippen LogP contribution is 2.36. The largest absolute Gasteiger partial charge is 0.478 e. The summed E-state index contributed by atoms with van der Waals surface area (Å²) in [6.07, 6.45) is 0. The summed E-state index contributed by atoms with van der Waals surface area (Å²) in [5.74, 6) is -1.88.